The molecule has 0 amide bonds. The van der Waals surface area contributed by atoms with E-state index in [2.05, 4.69) is 19.2 Å². The fraction of sp³-hybridized carbons (Fsp3) is 0.462. The lowest BCUT2D eigenvalue weighted by Crippen LogP contribution is -2.30. The Bertz CT molecular complexity index is 616. The van der Waals surface area contributed by atoms with Crippen molar-refractivity contribution in [3.05, 3.63) is 30.4 Å². The van der Waals surface area contributed by atoms with E-state index in [9.17, 15) is 13.2 Å². The predicted molar refractivity (Wildman–Crippen MR) is 78.2 cm³/mol. The molecule has 0 saturated carbocycles. The Balaban J connectivity index is 1.69. The van der Waals surface area contributed by atoms with E-state index in [4.69, 9.17) is 0 Å². The average Bonchev–Trinajstić information content (AvgIpc) is 2.87. The van der Waals surface area contributed by atoms with Gasteiger partial charge in [0.1, 0.15) is 0 Å². The Morgan fingerprint density at radius 2 is 1.68 bits per heavy atom. The Kier molecular flexibility index (Phi) is 4.14. The van der Waals surface area contributed by atoms with Crippen LogP contribution in [0.2, 0.25) is 0 Å². The lowest BCUT2D eigenvalue weighted by Gasteiger charge is -2.23. The van der Waals surface area contributed by atoms with Crippen molar-refractivity contribution in [3.63, 3.8) is 0 Å². The molecule has 2 aromatic rings. The molecule has 0 N–H and O–H groups in total. The second kappa shape index (κ2) is 6.07. The van der Waals surface area contributed by atoms with Gasteiger partial charge in [0.25, 0.3) is 0 Å². The van der Waals surface area contributed by atoms with Crippen molar-refractivity contribution < 1.29 is 13.2 Å². The highest BCUT2D eigenvalue weighted by atomic mass is 32.1. The van der Waals surface area contributed by atoms with Crippen LogP contribution in [0, 0.1) is 0 Å². The van der Waals surface area contributed by atoms with Crippen LogP contribution in [0.5, 0.6) is 0 Å². The summed E-state index contributed by atoms with van der Waals surface area (Å²) in [5, 5.41) is 0.337. The van der Waals surface area contributed by atoms with Gasteiger partial charge < -0.3 is 9.80 Å². The Labute approximate surface area is 129 Å². The quantitative estimate of drug-likeness (QED) is 0.848. The molecule has 2 aromatic heterocycles. The van der Waals surface area contributed by atoms with Gasteiger partial charge in [-0.2, -0.15) is 22.5 Å². The number of anilines is 2. The van der Waals surface area contributed by atoms with Gasteiger partial charge in [0, 0.05) is 55.8 Å². The summed E-state index contributed by atoms with van der Waals surface area (Å²) in [6, 6.07) is 3.87. The van der Waals surface area contributed by atoms with Gasteiger partial charge in [-0.3, -0.25) is 4.98 Å². The molecule has 1 saturated heterocycles. The van der Waals surface area contributed by atoms with Gasteiger partial charge in [-0.25, -0.2) is 0 Å². The highest BCUT2D eigenvalue weighted by Crippen LogP contribution is 2.30. The second-order valence-electron chi connectivity index (χ2n) is 4.93. The number of hydrogen-bond acceptors (Lipinski definition) is 6. The van der Waals surface area contributed by atoms with Crippen LogP contribution in [-0.4, -0.2) is 40.5 Å². The van der Waals surface area contributed by atoms with E-state index in [-0.39, 0.29) is 0 Å². The topological polar surface area (TPSA) is 45.2 Å². The second-order valence-corrected chi connectivity index (χ2v) is 5.66. The van der Waals surface area contributed by atoms with E-state index in [0.717, 1.165) is 36.7 Å². The Morgan fingerprint density at radius 1 is 1.00 bits per heavy atom. The summed E-state index contributed by atoms with van der Waals surface area (Å²) < 4.78 is 41.2. The van der Waals surface area contributed by atoms with Crippen molar-refractivity contribution in [3.8, 4) is 0 Å². The van der Waals surface area contributed by atoms with Gasteiger partial charge in [-0.1, -0.05) is 0 Å². The average molecular weight is 329 g/mol. The Morgan fingerprint density at radius 3 is 2.36 bits per heavy atom. The largest absolute Gasteiger partial charge is 0.452 e. The van der Waals surface area contributed by atoms with Gasteiger partial charge >= 0.3 is 6.18 Å². The first-order valence-electron chi connectivity index (χ1n) is 6.85. The third-order valence-corrected chi connectivity index (χ3v) is 4.24. The zero-order chi connectivity index (χ0) is 15.6. The molecule has 9 heteroatoms. The molecule has 3 heterocycles. The molecule has 0 unspecified atom stereocenters. The van der Waals surface area contributed by atoms with Crippen molar-refractivity contribution in [1.29, 1.82) is 0 Å². The number of aromatic nitrogens is 3. The smallest absolute Gasteiger partial charge is 0.370 e. The number of nitrogens with zero attached hydrogens (tertiary/aromatic N) is 5. The van der Waals surface area contributed by atoms with Gasteiger partial charge in [-0.15, -0.1) is 0 Å². The van der Waals surface area contributed by atoms with Crippen LogP contribution >= 0.6 is 11.5 Å². The number of pyridine rings is 1. The van der Waals surface area contributed by atoms with Gasteiger partial charge in [0.05, 0.1) is 0 Å². The highest BCUT2D eigenvalue weighted by molar-refractivity contribution is 7.09. The van der Waals surface area contributed by atoms with Crippen molar-refractivity contribution >= 4 is 22.4 Å². The molecule has 5 nitrogen and oxygen atoms in total. The molecule has 0 bridgehead atoms. The molecule has 1 aliphatic rings. The van der Waals surface area contributed by atoms with Crippen LogP contribution in [0.4, 0.5) is 24.0 Å². The number of alkyl halides is 3. The molecule has 3 rings (SSSR count). The van der Waals surface area contributed by atoms with Crippen LogP contribution in [0.3, 0.4) is 0 Å². The molecule has 22 heavy (non-hydrogen) atoms. The summed E-state index contributed by atoms with van der Waals surface area (Å²) in [5.74, 6) is -1.05. The molecule has 0 atom stereocenters. The summed E-state index contributed by atoms with van der Waals surface area (Å²) in [6.45, 7) is 2.87. The first kappa shape index (κ1) is 15.0. The number of hydrogen-bond donors (Lipinski definition) is 0. The normalized spacial score (nSPS) is 16.7. The summed E-state index contributed by atoms with van der Waals surface area (Å²) in [4.78, 5) is 11.7. The van der Waals surface area contributed by atoms with Crippen molar-refractivity contribution in [2.24, 2.45) is 0 Å². The molecule has 1 aliphatic heterocycles. The summed E-state index contributed by atoms with van der Waals surface area (Å²) in [5.41, 5.74) is 1.07. The van der Waals surface area contributed by atoms with E-state index < -0.39 is 12.0 Å². The maximum Gasteiger partial charge on any atom is 0.452 e. The maximum absolute atomic E-state index is 12.6. The van der Waals surface area contributed by atoms with Crippen LogP contribution in [-0.2, 0) is 6.18 Å². The standard InChI is InChI=1S/C13H14F3N5S/c14-13(15,16)11-18-12(22-19-11)21-7-1-6-20(8-9-21)10-2-4-17-5-3-10/h2-5H,1,6-9H2. The van der Waals surface area contributed by atoms with Gasteiger partial charge in [0.15, 0.2) is 0 Å². The molecule has 0 spiro atoms. The van der Waals surface area contributed by atoms with Crippen LogP contribution in [0.15, 0.2) is 24.5 Å². The summed E-state index contributed by atoms with van der Waals surface area (Å²) in [6.07, 6.45) is -0.163. The first-order chi connectivity index (χ1) is 10.5. The summed E-state index contributed by atoms with van der Waals surface area (Å²) in [7, 11) is 0. The zero-order valence-corrected chi connectivity index (χ0v) is 12.4. The van der Waals surface area contributed by atoms with Crippen LogP contribution < -0.4 is 9.80 Å². The monoisotopic (exact) mass is 329 g/mol. The Hall–Kier alpha value is -1.90. The van der Waals surface area contributed by atoms with Crippen LogP contribution in [0.1, 0.15) is 12.2 Å². The zero-order valence-electron chi connectivity index (χ0n) is 11.6. The molecule has 0 radical (unpaired) electrons. The lowest BCUT2D eigenvalue weighted by atomic mass is 10.3. The van der Waals surface area contributed by atoms with Crippen molar-refractivity contribution in [2.75, 3.05) is 36.0 Å². The summed E-state index contributed by atoms with van der Waals surface area (Å²) >= 11 is 0.806. The molecular formula is C13H14F3N5S. The minimum absolute atomic E-state index is 0.337. The van der Waals surface area contributed by atoms with E-state index in [0.29, 0.717) is 18.2 Å². The van der Waals surface area contributed by atoms with E-state index in [1.807, 2.05) is 17.0 Å². The molecule has 0 aromatic carbocycles. The minimum Gasteiger partial charge on any atom is -0.370 e. The minimum atomic E-state index is -4.48. The van der Waals surface area contributed by atoms with Crippen molar-refractivity contribution in [2.45, 2.75) is 12.6 Å². The molecule has 0 aliphatic carbocycles. The van der Waals surface area contributed by atoms with E-state index >= 15 is 0 Å². The predicted octanol–water partition coefficient (Wildman–Crippen LogP) is 2.67. The molecule has 1 fully saturated rings. The van der Waals surface area contributed by atoms with Gasteiger partial charge in [0.2, 0.25) is 11.0 Å². The third-order valence-electron chi connectivity index (χ3n) is 3.46. The van der Waals surface area contributed by atoms with Crippen molar-refractivity contribution in [1.82, 2.24) is 14.3 Å². The van der Waals surface area contributed by atoms with Crippen LogP contribution in [0.25, 0.3) is 0 Å². The first-order valence-corrected chi connectivity index (χ1v) is 7.62. The fourth-order valence-electron chi connectivity index (χ4n) is 2.38. The van der Waals surface area contributed by atoms with E-state index in [1.165, 1.54) is 0 Å². The third kappa shape index (κ3) is 3.29. The molecular weight excluding hydrogens is 315 g/mol. The van der Waals surface area contributed by atoms with Gasteiger partial charge in [-0.05, 0) is 18.6 Å². The lowest BCUT2D eigenvalue weighted by molar-refractivity contribution is -0.144. The number of rotatable bonds is 2. The highest BCUT2D eigenvalue weighted by Gasteiger charge is 2.36. The maximum atomic E-state index is 12.6. The SMILES string of the molecule is FC(F)(F)c1nsc(N2CCCN(c3ccncc3)CC2)n1. The fourth-order valence-corrected chi connectivity index (χ4v) is 3.12. The number of halogens is 3. The molecule has 118 valence electrons. The van der Waals surface area contributed by atoms with E-state index in [1.54, 1.807) is 12.4 Å².